The van der Waals surface area contributed by atoms with E-state index in [4.69, 9.17) is 5.73 Å². The van der Waals surface area contributed by atoms with Gasteiger partial charge in [0.15, 0.2) is 0 Å². The molecule has 1 unspecified atom stereocenters. The second-order valence-electron chi connectivity index (χ2n) is 4.47. The minimum atomic E-state index is -3.44. The molecule has 0 heterocycles. The summed E-state index contributed by atoms with van der Waals surface area (Å²) in [4.78, 5) is 0. The summed E-state index contributed by atoms with van der Waals surface area (Å²) in [5.41, 5.74) is 4.96. The lowest BCUT2D eigenvalue weighted by Gasteiger charge is -2.27. The molecule has 6 heteroatoms. The Morgan fingerprint density at radius 2 is 1.93 bits per heavy atom. The summed E-state index contributed by atoms with van der Waals surface area (Å²) in [5, 5.41) is 0. The molecule has 0 aliphatic heterocycles. The van der Waals surface area contributed by atoms with Crippen molar-refractivity contribution in [1.82, 2.24) is 9.44 Å². The smallest absolute Gasteiger partial charge is 0.277 e. The van der Waals surface area contributed by atoms with Crippen molar-refractivity contribution >= 4 is 10.2 Å². The minimum absolute atomic E-state index is 0.284. The van der Waals surface area contributed by atoms with Gasteiger partial charge in [0.05, 0.1) is 0 Å². The summed E-state index contributed by atoms with van der Waals surface area (Å²) < 4.78 is 28.2. The van der Waals surface area contributed by atoms with Crippen LogP contribution in [0.3, 0.4) is 0 Å². The van der Waals surface area contributed by atoms with Gasteiger partial charge in [-0.2, -0.15) is 13.1 Å². The van der Waals surface area contributed by atoms with Crippen LogP contribution in [0.1, 0.15) is 34.1 Å². The van der Waals surface area contributed by atoms with E-state index in [1.54, 1.807) is 6.92 Å². The molecule has 0 bridgehead atoms. The Bertz CT molecular complexity index is 271. The quantitative estimate of drug-likeness (QED) is 0.591. The number of hydrogen-bond donors (Lipinski definition) is 3. The summed E-state index contributed by atoms with van der Waals surface area (Å²) in [6, 6.07) is 0. The van der Waals surface area contributed by atoms with Crippen LogP contribution in [0.4, 0.5) is 0 Å². The van der Waals surface area contributed by atoms with Crippen LogP contribution in [0.2, 0.25) is 0 Å². The third kappa shape index (κ3) is 6.09. The largest absolute Gasteiger partial charge is 0.329 e. The van der Waals surface area contributed by atoms with E-state index in [2.05, 4.69) is 9.44 Å². The normalized spacial score (nSPS) is 16.7. The minimum Gasteiger partial charge on any atom is -0.329 e. The zero-order valence-corrected chi connectivity index (χ0v) is 10.8. The fourth-order valence-electron chi connectivity index (χ4n) is 0.895. The van der Waals surface area contributed by atoms with Crippen LogP contribution in [0.5, 0.6) is 0 Å². The molecule has 5 nitrogen and oxygen atoms in total. The van der Waals surface area contributed by atoms with Crippen molar-refractivity contribution in [3.05, 3.63) is 0 Å². The second kappa shape index (κ2) is 5.79. The molecular weight excluding hydrogens is 214 g/mol. The summed E-state index contributed by atoms with van der Waals surface area (Å²) in [7, 11) is -3.44. The highest BCUT2D eigenvalue weighted by Gasteiger charge is 2.26. The average Bonchev–Trinajstić information content (AvgIpc) is 2.14. The van der Waals surface area contributed by atoms with Crippen molar-refractivity contribution in [2.75, 3.05) is 13.1 Å². The van der Waals surface area contributed by atoms with Gasteiger partial charge >= 0.3 is 0 Å². The predicted octanol–water partition coefficient (Wildman–Crippen LogP) is 0.194. The molecule has 0 aliphatic carbocycles. The van der Waals surface area contributed by atoms with E-state index in [0.717, 1.165) is 0 Å². The zero-order chi connectivity index (χ0) is 12.1. The molecule has 0 saturated heterocycles. The van der Waals surface area contributed by atoms with E-state index in [1.165, 1.54) is 0 Å². The van der Waals surface area contributed by atoms with Gasteiger partial charge in [0.25, 0.3) is 10.2 Å². The van der Waals surface area contributed by atoms with E-state index in [9.17, 15) is 8.42 Å². The first kappa shape index (κ1) is 14.8. The molecule has 15 heavy (non-hydrogen) atoms. The number of nitrogens with one attached hydrogen (secondary N) is 2. The molecule has 0 aliphatic rings. The van der Waals surface area contributed by atoms with E-state index in [-0.39, 0.29) is 12.5 Å². The Kier molecular flexibility index (Phi) is 5.72. The predicted molar refractivity (Wildman–Crippen MR) is 62.6 cm³/mol. The SMILES string of the molecule is CCC(C)(CN)NS(=O)(=O)NCC(C)C. The van der Waals surface area contributed by atoms with Gasteiger partial charge in [0.2, 0.25) is 0 Å². The maximum Gasteiger partial charge on any atom is 0.277 e. The van der Waals surface area contributed by atoms with Crippen molar-refractivity contribution in [2.24, 2.45) is 11.7 Å². The van der Waals surface area contributed by atoms with Gasteiger partial charge < -0.3 is 5.73 Å². The topological polar surface area (TPSA) is 84.2 Å². The Balaban J connectivity index is 4.37. The van der Waals surface area contributed by atoms with Crippen molar-refractivity contribution < 1.29 is 8.42 Å². The molecule has 1 atom stereocenters. The van der Waals surface area contributed by atoms with Crippen LogP contribution in [0.25, 0.3) is 0 Å². The highest BCUT2D eigenvalue weighted by Crippen LogP contribution is 2.07. The first-order valence-electron chi connectivity index (χ1n) is 5.23. The van der Waals surface area contributed by atoms with Crippen LogP contribution in [0.15, 0.2) is 0 Å². The molecule has 0 spiro atoms. The van der Waals surface area contributed by atoms with E-state index < -0.39 is 15.7 Å². The van der Waals surface area contributed by atoms with Crippen molar-refractivity contribution in [1.29, 1.82) is 0 Å². The third-order valence-corrected chi connectivity index (χ3v) is 3.60. The van der Waals surface area contributed by atoms with Gasteiger partial charge in [-0.3, -0.25) is 0 Å². The van der Waals surface area contributed by atoms with Gasteiger partial charge in [0.1, 0.15) is 0 Å². The fourth-order valence-corrected chi connectivity index (χ4v) is 2.40. The highest BCUT2D eigenvalue weighted by atomic mass is 32.2. The maximum atomic E-state index is 11.6. The average molecular weight is 237 g/mol. The van der Waals surface area contributed by atoms with Crippen LogP contribution in [-0.4, -0.2) is 27.0 Å². The molecule has 0 rings (SSSR count). The molecule has 0 radical (unpaired) electrons. The summed E-state index contributed by atoms with van der Waals surface area (Å²) >= 11 is 0. The fraction of sp³-hybridized carbons (Fsp3) is 1.00. The molecule has 4 N–H and O–H groups in total. The van der Waals surface area contributed by atoms with Crippen LogP contribution >= 0.6 is 0 Å². The van der Waals surface area contributed by atoms with Crippen molar-refractivity contribution in [3.8, 4) is 0 Å². The molecule has 0 aromatic carbocycles. The molecule has 0 fully saturated rings. The van der Waals surface area contributed by atoms with Gasteiger partial charge in [-0.1, -0.05) is 20.8 Å². The Morgan fingerprint density at radius 1 is 1.40 bits per heavy atom. The van der Waals surface area contributed by atoms with Crippen LogP contribution < -0.4 is 15.2 Å². The Labute approximate surface area is 93.0 Å². The van der Waals surface area contributed by atoms with Crippen molar-refractivity contribution in [2.45, 2.75) is 39.7 Å². The molecule has 0 aromatic rings. The zero-order valence-electron chi connectivity index (χ0n) is 10.0. The second-order valence-corrected chi connectivity index (χ2v) is 5.97. The molecular formula is C9H23N3O2S. The molecule has 0 saturated carbocycles. The maximum absolute atomic E-state index is 11.6. The van der Waals surface area contributed by atoms with E-state index in [0.29, 0.717) is 13.0 Å². The lowest BCUT2D eigenvalue weighted by atomic mass is 10.0. The molecule has 0 aromatic heterocycles. The van der Waals surface area contributed by atoms with E-state index in [1.807, 2.05) is 20.8 Å². The Hall–Kier alpha value is -0.170. The first-order valence-corrected chi connectivity index (χ1v) is 6.71. The summed E-state index contributed by atoms with van der Waals surface area (Å²) in [6.07, 6.45) is 0.659. The van der Waals surface area contributed by atoms with E-state index >= 15 is 0 Å². The van der Waals surface area contributed by atoms with Gasteiger partial charge in [-0.15, -0.1) is 0 Å². The van der Waals surface area contributed by atoms with Gasteiger partial charge in [-0.05, 0) is 19.3 Å². The molecule has 92 valence electrons. The van der Waals surface area contributed by atoms with Gasteiger partial charge in [0, 0.05) is 18.6 Å². The van der Waals surface area contributed by atoms with Crippen LogP contribution in [-0.2, 0) is 10.2 Å². The highest BCUT2D eigenvalue weighted by molar-refractivity contribution is 7.87. The monoisotopic (exact) mass is 237 g/mol. The lowest BCUT2D eigenvalue weighted by Crippen LogP contribution is -2.54. The summed E-state index contributed by atoms with van der Waals surface area (Å²) in [6.45, 7) is 8.31. The standard InChI is InChI=1S/C9H23N3O2S/c1-5-9(4,7-10)12-15(13,14)11-6-8(2)3/h8,11-12H,5-7,10H2,1-4H3. The third-order valence-electron chi connectivity index (χ3n) is 2.29. The number of rotatable bonds is 7. The van der Waals surface area contributed by atoms with Gasteiger partial charge in [-0.25, -0.2) is 4.72 Å². The first-order chi connectivity index (χ1) is 6.74. The van der Waals surface area contributed by atoms with Crippen LogP contribution in [0, 0.1) is 5.92 Å². The number of hydrogen-bond acceptors (Lipinski definition) is 3. The molecule has 0 amide bonds. The number of nitrogens with two attached hydrogens (primary N) is 1. The lowest BCUT2D eigenvalue weighted by molar-refractivity contribution is 0.406. The van der Waals surface area contributed by atoms with Crippen molar-refractivity contribution in [3.63, 3.8) is 0 Å². The summed E-state index contributed by atoms with van der Waals surface area (Å²) in [5.74, 6) is 0.285. The Morgan fingerprint density at radius 3 is 2.27 bits per heavy atom.